The summed E-state index contributed by atoms with van der Waals surface area (Å²) in [4.78, 5) is 38.1. The van der Waals surface area contributed by atoms with Crippen LogP contribution in [-0.4, -0.2) is 57.0 Å². The van der Waals surface area contributed by atoms with Crippen molar-refractivity contribution in [2.45, 2.75) is 24.8 Å². The summed E-state index contributed by atoms with van der Waals surface area (Å²) in [6.45, 7) is 0.527. The van der Waals surface area contributed by atoms with E-state index in [1.54, 1.807) is 7.05 Å². The Morgan fingerprint density at radius 1 is 1.09 bits per heavy atom. The Morgan fingerprint density at radius 2 is 1.74 bits per heavy atom. The Labute approximate surface area is 195 Å². The Morgan fingerprint density at radius 3 is 2.38 bits per heavy atom. The van der Waals surface area contributed by atoms with Crippen LogP contribution < -0.4 is 5.32 Å². The van der Waals surface area contributed by atoms with Gasteiger partial charge in [0.15, 0.2) is 5.69 Å². The zero-order chi connectivity index (χ0) is 23.8. The highest BCUT2D eigenvalue weighted by molar-refractivity contribution is 5.96. The number of carboxylic acid groups (broad SMARTS) is 1. The first-order chi connectivity index (χ1) is 16.4. The molecule has 1 aliphatic carbocycles. The normalized spacial score (nSPS) is 16.7. The highest BCUT2D eigenvalue weighted by atomic mass is 16.5. The largest absolute Gasteiger partial charge is 0.480 e. The molecule has 1 aromatic heterocycles. The summed E-state index contributed by atoms with van der Waals surface area (Å²) in [5.74, 6) is -1.28. The first-order valence-corrected chi connectivity index (χ1v) is 11.1. The molecule has 5 rings (SSSR count). The lowest BCUT2D eigenvalue weighted by molar-refractivity contribution is -0.141. The standard InChI is InChI=1S/C25H24N4O5/c1-28-22(13-20(27-28)23(30)29-12-6-11-21(29)24(31)32)26-25(33)34-14-19-17-9-4-2-7-15(17)16-8-3-5-10-18(16)19/h2-5,7-10,13,19,21H,6,11-12,14H2,1H3,(H,26,33)(H,31,32). The topological polar surface area (TPSA) is 114 Å². The number of carbonyl (C=O) groups is 3. The number of aromatic nitrogens is 2. The molecule has 9 heteroatoms. The molecular formula is C25H24N4O5. The Balaban J connectivity index is 1.26. The molecule has 1 atom stereocenters. The lowest BCUT2D eigenvalue weighted by Gasteiger charge is -2.19. The predicted molar refractivity (Wildman–Crippen MR) is 124 cm³/mol. The van der Waals surface area contributed by atoms with Crippen LogP contribution >= 0.6 is 0 Å². The molecule has 34 heavy (non-hydrogen) atoms. The summed E-state index contributed by atoms with van der Waals surface area (Å²) >= 11 is 0. The summed E-state index contributed by atoms with van der Waals surface area (Å²) in [6, 6.07) is 16.7. The van der Waals surface area contributed by atoms with Gasteiger partial charge >= 0.3 is 12.1 Å². The minimum Gasteiger partial charge on any atom is -0.480 e. The lowest BCUT2D eigenvalue weighted by Crippen LogP contribution is -2.40. The number of amides is 2. The van der Waals surface area contributed by atoms with E-state index in [9.17, 15) is 19.5 Å². The van der Waals surface area contributed by atoms with Gasteiger partial charge in [0.25, 0.3) is 5.91 Å². The van der Waals surface area contributed by atoms with Crippen molar-refractivity contribution >= 4 is 23.8 Å². The van der Waals surface area contributed by atoms with Crippen molar-refractivity contribution < 1.29 is 24.2 Å². The van der Waals surface area contributed by atoms with Crippen molar-refractivity contribution in [1.29, 1.82) is 0 Å². The third-order valence-electron chi connectivity index (χ3n) is 6.47. The van der Waals surface area contributed by atoms with E-state index < -0.39 is 24.0 Å². The molecule has 0 bridgehead atoms. The van der Waals surface area contributed by atoms with Gasteiger partial charge in [-0.2, -0.15) is 5.10 Å². The van der Waals surface area contributed by atoms with Gasteiger partial charge in [-0.25, -0.2) is 9.59 Å². The highest BCUT2D eigenvalue weighted by Crippen LogP contribution is 2.44. The molecule has 2 aliphatic rings. The average Bonchev–Trinajstić information content (AvgIpc) is 3.54. The maximum absolute atomic E-state index is 12.8. The zero-order valence-electron chi connectivity index (χ0n) is 18.6. The van der Waals surface area contributed by atoms with E-state index in [4.69, 9.17) is 4.74 Å². The molecule has 0 saturated carbocycles. The van der Waals surface area contributed by atoms with Gasteiger partial charge in [0.1, 0.15) is 18.5 Å². The van der Waals surface area contributed by atoms with Crippen LogP contribution in [0.4, 0.5) is 10.6 Å². The number of carbonyl (C=O) groups excluding carboxylic acids is 2. The first-order valence-electron chi connectivity index (χ1n) is 11.1. The van der Waals surface area contributed by atoms with Crippen molar-refractivity contribution in [3.63, 3.8) is 0 Å². The second-order valence-electron chi connectivity index (χ2n) is 8.48. The van der Waals surface area contributed by atoms with E-state index in [0.717, 1.165) is 22.3 Å². The molecule has 0 radical (unpaired) electrons. The number of ether oxygens (including phenoxy) is 1. The Hall–Kier alpha value is -4.14. The van der Waals surface area contributed by atoms with Gasteiger partial charge in [-0.05, 0) is 35.1 Å². The van der Waals surface area contributed by atoms with Crippen LogP contribution in [0.3, 0.4) is 0 Å². The molecule has 2 amide bonds. The number of hydrogen-bond donors (Lipinski definition) is 2. The molecule has 9 nitrogen and oxygen atoms in total. The summed E-state index contributed by atoms with van der Waals surface area (Å²) < 4.78 is 6.91. The van der Waals surface area contributed by atoms with Gasteiger partial charge < -0.3 is 14.7 Å². The molecule has 3 aromatic rings. The van der Waals surface area contributed by atoms with Gasteiger partial charge in [0.05, 0.1) is 0 Å². The highest BCUT2D eigenvalue weighted by Gasteiger charge is 2.35. The number of anilines is 1. The Kier molecular flexibility index (Phi) is 5.53. The van der Waals surface area contributed by atoms with Crippen molar-refractivity contribution in [1.82, 2.24) is 14.7 Å². The molecule has 1 aliphatic heterocycles. The number of carboxylic acids is 1. The SMILES string of the molecule is Cn1nc(C(=O)N2CCCC2C(=O)O)cc1NC(=O)OCC1c2ccccc2-c2ccccc21. The zero-order valence-corrected chi connectivity index (χ0v) is 18.6. The fourth-order valence-corrected chi connectivity index (χ4v) is 4.84. The van der Waals surface area contributed by atoms with Crippen molar-refractivity contribution in [3.8, 4) is 11.1 Å². The minimum absolute atomic E-state index is 0.0649. The summed E-state index contributed by atoms with van der Waals surface area (Å²) in [5, 5.41) is 16.1. The first kappa shape index (κ1) is 21.7. The third-order valence-corrected chi connectivity index (χ3v) is 6.47. The van der Waals surface area contributed by atoms with E-state index in [1.165, 1.54) is 15.6 Å². The van der Waals surface area contributed by atoms with E-state index in [-0.39, 0.29) is 24.0 Å². The van der Waals surface area contributed by atoms with Gasteiger partial charge in [-0.1, -0.05) is 48.5 Å². The molecule has 1 unspecified atom stereocenters. The molecule has 0 spiro atoms. The number of likely N-dealkylation sites (tertiary alicyclic amines) is 1. The number of aryl methyl sites for hydroxylation is 1. The van der Waals surface area contributed by atoms with Crippen LogP contribution in [0.2, 0.25) is 0 Å². The fourth-order valence-electron chi connectivity index (χ4n) is 4.84. The fraction of sp³-hybridized carbons (Fsp3) is 0.280. The summed E-state index contributed by atoms with van der Waals surface area (Å²) in [5.41, 5.74) is 4.59. The van der Waals surface area contributed by atoms with Crippen LogP contribution in [0, 0.1) is 0 Å². The maximum atomic E-state index is 12.8. The summed E-state index contributed by atoms with van der Waals surface area (Å²) in [6.07, 6.45) is 0.382. The molecule has 1 fully saturated rings. The monoisotopic (exact) mass is 460 g/mol. The van der Waals surface area contributed by atoms with E-state index >= 15 is 0 Å². The Bertz CT molecular complexity index is 1240. The quantitative estimate of drug-likeness (QED) is 0.603. The number of nitrogens with one attached hydrogen (secondary N) is 1. The molecule has 174 valence electrons. The van der Waals surface area contributed by atoms with Crippen LogP contribution in [0.1, 0.15) is 40.4 Å². The maximum Gasteiger partial charge on any atom is 0.412 e. The predicted octanol–water partition coefficient (Wildman–Crippen LogP) is 3.47. The minimum atomic E-state index is -1.03. The molecule has 2 heterocycles. The van der Waals surface area contributed by atoms with Crippen LogP contribution in [0.5, 0.6) is 0 Å². The van der Waals surface area contributed by atoms with Crippen LogP contribution in [0.15, 0.2) is 54.6 Å². The number of rotatable bonds is 5. The second-order valence-corrected chi connectivity index (χ2v) is 8.48. The van der Waals surface area contributed by atoms with Crippen LogP contribution in [-0.2, 0) is 16.6 Å². The lowest BCUT2D eigenvalue weighted by atomic mass is 9.98. The van der Waals surface area contributed by atoms with Gasteiger partial charge in [0.2, 0.25) is 0 Å². The van der Waals surface area contributed by atoms with Crippen molar-refractivity contribution in [2.24, 2.45) is 7.05 Å². The number of hydrogen-bond acceptors (Lipinski definition) is 5. The number of fused-ring (bicyclic) bond motifs is 3. The van der Waals surface area contributed by atoms with E-state index in [2.05, 4.69) is 22.5 Å². The second kappa shape index (κ2) is 8.66. The number of aliphatic carboxylic acids is 1. The smallest absolute Gasteiger partial charge is 0.412 e. The summed E-state index contributed by atoms with van der Waals surface area (Å²) in [7, 11) is 1.59. The van der Waals surface area contributed by atoms with Crippen LogP contribution in [0.25, 0.3) is 11.1 Å². The van der Waals surface area contributed by atoms with E-state index in [0.29, 0.717) is 19.4 Å². The van der Waals surface area contributed by atoms with Gasteiger partial charge in [0, 0.05) is 25.6 Å². The molecule has 2 aromatic carbocycles. The van der Waals surface area contributed by atoms with Gasteiger partial charge in [-0.15, -0.1) is 0 Å². The molecule has 1 saturated heterocycles. The average molecular weight is 460 g/mol. The molecular weight excluding hydrogens is 436 g/mol. The third kappa shape index (κ3) is 3.79. The number of benzene rings is 2. The number of nitrogens with zero attached hydrogens (tertiary/aromatic N) is 3. The molecule has 2 N–H and O–H groups in total. The van der Waals surface area contributed by atoms with Gasteiger partial charge in [-0.3, -0.25) is 14.8 Å². The van der Waals surface area contributed by atoms with Crippen molar-refractivity contribution in [2.75, 3.05) is 18.5 Å². The van der Waals surface area contributed by atoms with Crippen molar-refractivity contribution in [3.05, 3.63) is 71.4 Å². The van der Waals surface area contributed by atoms with E-state index in [1.807, 2.05) is 36.4 Å².